The molecule has 0 saturated carbocycles. The SMILES string of the molecule is Cc1cc(F)ccc1C(O)CNC(C)(C)c1nccs1. The van der Waals surface area contributed by atoms with E-state index in [1.807, 2.05) is 19.2 Å². The van der Waals surface area contributed by atoms with Crippen molar-refractivity contribution in [1.29, 1.82) is 0 Å². The van der Waals surface area contributed by atoms with Crippen molar-refractivity contribution < 1.29 is 9.50 Å². The number of hydrogen-bond donors (Lipinski definition) is 2. The predicted octanol–water partition coefficient (Wildman–Crippen LogP) is 3.15. The van der Waals surface area contributed by atoms with Crippen molar-refractivity contribution in [1.82, 2.24) is 10.3 Å². The van der Waals surface area contributed by atoms with Crippen molar-refractivity contribution in [2.24, 2.45) is 0 Å². The molecule has 1 unspecified atom stereocenters. The summed E-state index contributed by atoms with van der Waals surface area (Å²) < 4.78 is 13.1. The summed E-state index contributed by atoms with van der Waals surface area (Å²) in [6.07, 6.45) is 1.10. The predicted molar refractivity (Wildman–Crippen MR) is 79.2 cm³/mol. The highest BCUT2D eigenvalue weighted by Gasteiger charge is 2.24. The fraction of sp³-hybridized carbons (Fsp3) is 0.400. The Morgan fingerprint density at radius 1 is 1.45 bits per heavy atom. The van der Waals surface area contributed by atoms with Gasteiger partial charge in [0.05, 0.1) is 11.6 Å². The van der Waals surface area contributed by atoms with Crippen LogP contribution >= 0.6 is 11.3 Å². The standard InChI is InChI=1S/C15H19FN2OS/c1-10-8-11(16)4-5-12(10)13(19)9-18-15(2,3)14-17-6-7-20-14/h4-8,13,18-19H,9H2,1-3H3. The van der Waals surface area contributed by atoms with E-state index in [0.717, 1.165) is 16.1 Å². The number of thiazole rings is 1. The molecule has 2 N–H and O–H groups in total. The molecule has 108 valence electrons. The molecule has 1 aromatic heterocycles. The van der Waals surface area contributed by atoms with Crippen LogP contribution in [0.25, 0.3) is 0 Å². The van der Waals surface area contributed by atoms with Crippen LogP contribution in [-0.4, -0.2) is 16.6 Å². The molecule has 0 radical (unpaired) electrons. The summed E-state index contributed by atoms with van der Waals surface area (Å²) in [7, 11) is 0. The molecule has 1 heterocycles. The van der Waals surface area contributed by atoms with Gasteiger partial charge in [-0.1, -0.05) is 6.07 Å². The molecule has 2 aromatic rings. The van der Waals surface area contributed by atoms with Crippen LogP contribution in [-0.2, 0) is 5.54 Å². The molecule has 5 heteroatoms. The summed E-state index contributed by atoms with van der Waals surface area (Å²) in [5.41, 5.74) is 1.20. The highest BCUT2D eigenvalue weighted by molar-refractivity contribution is 7.09. The lowest BCUT2D eigenvalue weighted by Gasteiger charge is -2.26. The Bertz CT molecular complexity index is 569. The molecule has 2 rings (SSSR count). The van der Waals surface area contributed by atoms with Crippen molar-refractivity contribution in [3.8, 4) is 0 Å². The zero-order valence-corrected chi connectivity index (χ0v) is 12.7. The summed E-state index contributed by atoms with van der Waals surface area (Å²) in [6, 6.07) is 4.44. The van der Waals surface area contributed by atoms with Crippen LogP contribution in [0, 0.1) is 12.7 Å². The number of nitrogens with one attached hydrogen (secondary N) is 1. The van der Waals surface area contributed by atoms with Crippen LogP contribution < -0.4 is 5.32 Å². The van der Waals surface area contributed by atoms with Gasteiger partial charge in [-0.15, -0.1) is 11.3 Å². The topological polar surface area (TPSA) is 45.1 Å². The van der Waals surface area contributed by atoms with E-state index in [0.29, 0.717) is 6.54 Å². The van der Waals surface area contributed by atoms with Crippen molar-refractivity contribution in [3.63, 3.8) is 0 Å². The van der Waals surface area contributed by atoms with Crippen LogP contribution in [0.3, 0.4) is 0 Å². The van der Waals surface area contributed by atoms with Gasteiger partial charge in [-0.05, 0) is 44.0 Å². The molecule has 0 fully saturated rings. The monoisotopic (exact) mass is 294 g/mol. The Morgan fingerprint density at radius 3 is 2.80 bits per heavy atom. The maximum absolute atomic E-state index is 13.1. The van der Waals surface area contributed by atoms with Crippen LogP contribution in [0.2, 0.25) is 0 Å². The van der Waals surface area contributed by atoms with Gasteiger partial charge in [0.1, 0.15) is 10.8 Å². The van der Waals surface area contributed by atoms with Crippen LogP contribution in [0.15, 0.2) is 29.8 Å². The second-order valence-electron chi connectivity index (χ2n) is 5.36. The lowest BCUT2D eigenvalue weighted by molar-refractivity contribution is 0.160. The Hall–Kier alpha value is -1.30. The van der Waals surface area contributed by atoms with Crippen molar-refractivity contribution >= 4 is 11.3 Å². The smallest absolute Gasteiger partial charge is 0.123 e. The third-order valence-corrected chi connectivity index (χ3v) is 4.39. The van der Waals surface area contributed by atoms with E-state index < -0.39 is 6.10 Å². The van der Waals surface area contributed by atoms with Gasteiger partial charge >= 0.3 is 0 Å². The first-order chi connectivity index (χ1) is 9.40. The Labute approximate surface area is 122 Å². The molecule has 0 saturated heterocycles. The molecule has 0 aliphatic heterocycles. The van der Waals surface area contributed by atoms with Gasteiger partial charge in [-0.25, -0.2) is 9.37 Å². The fourth-order valence-electron chi connectivity index (χ4n) is 2.08. The highest BCUT2D eigenvalue weighted by Crippen LogP contribution is 2.24. The number of aliphatic hydroxyl groups excluding tert-OH is 1. The van der Waals surface area contributed by atoms with Crippen molar-refractivity contribution in [3.05, 3.63) is 51.7 Å². The summed E-state index contributed by atoms with van der Waals surface area (Å²) in [4.78, 5) is 4.29. The molecule has 0 amide bonds. The maximum atomic E-state index is 13.1. The van der Waals surface area contributed by atoms with Gasteiger partial charge in [0.25, 0.3) is 0 Å². The minimum Gasteiger partial charge on any atom is -0.387 e. The molecule has 0 aliphatic rings. The van der Waals surface area contributed by atoms with E-state index in [-0.39, 0.29) is 11.4 Å². The summed E-state index contributed by atoms with van der Waals surface area (Å²) in [6.45, 7) is 6.23. The normalized spacial score (nSPS) is 13.4. The molecule has 1 aromatic carbocycles. The minimum atomic E-state index is -0.671. The number of benzene rings is 1. The number of halogens is 1. The van der Waals surface area contributed by atoms with E-state index in [9.17, 15) is 9.50 Å². The third-order valence-electron chi connectivity index (χ3n) is 3.30. The lowest BCUT2D eigenvalue weighted by Crippen LogP contribution is -2.39. The van der Waals surface area contributed by atoms with E-state index in [2.05, 4.69) is 10.3 Å². The van der Waals surface area contributed by atoms with Crippen LogP contribution in [0.5, 0.6) is 0 Å². The van der Waals surface area contributed by atoms with Gasteiger partial charge in [0.15, 0.2) is 0 Å². The first-order valence-electron chi connectivity index (χ1n) is 6.49. The van der Waals surface area contributed by atoms with Crippen LogP contribution in [0.4, 0.5) is 4.39 Å². The Morgan fingerprint density at radius 2 is 2.20 bits per heavy atom. The molecule has 0 aliphatic carbocycles. The Kier molecular flexibility index (Phi) is 4.52. The number of rotatable bonds is 5. The maximum Gasteiger partial charge on any atom is 0.123 e. The lowest BCUT2D eigenvalue weighted by atomic mass is 10.0. The number of aryl methyl sites for hydroxylation is 1. The van der Waals surface area contributed by atoms with Gasteiger partial charge in [-0.2, -0.15) is 0 Å². The largest absolute Gasteiger partial charge is 0.387 e. The molecule has 0 bridgehead atoms. The number of hydrogen-bond acceptors (Lipinski definition) is 4. The zero-order chi connectivity index (χ0) is 14.8. The molecule has 3 nitrogen and oxygen atoms in total. The minimum absolute atomic E-state index is 0.283. The summed E-state index contributed by atoms with van der Waals surface area (Å²) >= 11 is 1.58. The average Bonchev–Trinajstić information content (AvgIpc) is 2.90. The van der Waals surface area contributed by atoms with Crippen molar-refractivity contribution in [2.75, 3.05) is 6.54 Å². The molecular weight excluding hydrogens is 275 g/mol. The second-order valence-corrected chi connectivity index (χ2v) is 6.25. The van der Waals surface area contributed by atoms with E-state index in [1.54, 1.807) is 30.5 Å². The quantitative estimate of drug-likeness (QED) is 0.890. The molecule has 1 atom stereocenters. The van der Waals surface area contributed by atoms with Gasteiger partial charge in [-0.3, -0.25) is 0 Å². The average molecular weight is 294 g/mol. The highest BCUT2D eigenvalue weighted by atomic mass is 32.1. The number of nitrogens with zero attached hydrogens (tertiary/aromatic N) is 1. The molecule has 0 spiro atoms. The molecule has 20 heavy (non-hydrogen) atoms. The summed E-state index contributed by atoms with van der Waals surface area (Å²) in [5, 5.41) is 16.5. The van der Waals surface area contributed by atoms with Gasteiger partial charge < -0.3 is 10.4 Å². The van der Waals surface area contributed by atoms with E-state index in [1.165, 1.54) is 12.1 Å². The first-order valence-corrected chi connectivity index (χ1v) is 7.37. The van der Waals surface area contributed by atoms with Crippen molar-refractivity contribution in [2.45, 2.75) is 32.4 Å². The molecular formula is C15H19FN2OS. The number of aliphatic hydroxyl groups is 1. The van der Waals surface area contributed by atoms with Gasteiger partial charge in [0, 0.05) is 18.1 Å². The Balaban J connectivity index is 2.03. The number of aromatic nitrogens is 1. The summed E-state index contributed by atoms with van der Waals surface area (Å²) in [5.74, 6) is -0.283. The first kappa shape index (κ1) is 15.1. The van der Waals surface area contributed by atoms with E-state index in [4.69, 9.17) is 0 Å². The fourth-order valence-corrected chi connectivity index (χ4v) is 2.82. The second kappa shape index (κ2) is 5.99. The zero-order valence-electron chi connectivity index (χ0n) is 11.9. The van der Waals surface area contributed by atoms with E-state index >= 15 is 0 Å². The van der Waals surface area contributed by atoms with Gasteiger partial charge in [0.2, 0.25) is 0 Å². The third kappa shape index (κ3) is 3.42. The van der Waals surface area contributed by atoms with Crippen LogP contribution in [0.1, 0.15) is 36.1 Å².